The molecule has 0 aromatic heterocycles. The van der Waals surface area contributed by atoms with Gasteiger partial charge in [-0.2, -0.15) is 0 Å². The predicted molar refractivity (Wildman–Crippen MR) is 56.3 cm³/mol. The van der Waals surface area contributed by atoms with Crippen molar-refractivity contribution in [2.75, 3.05) is 0 Å². The normalized spacial score (nSPS) is 10.3. The summed E-state index contributed by atoms with van der Waals surface area (Å²) in [5.74, 6) is 0. The fourth-order valence-electron chi connectivity index (χ4n) is 1.53. The Morgan fingerprint density at radius 3 is 2.77 bits per heavy atom. The Balaban J connectivity index is 2.76. The maximum Gasteiger partial charge on any atom is 0.321 e. The fraction of sp³-hybridized carbons (Fsp3) is 0.0909. The van der Waals surface area contributed by atoms with E-state index in [9.17, 15) is 5.02 Å². The summed E-state index contributed by atoms with van der Waals surface area (Å²) in [5, 5.41) is 11.6. The van der Waals surface area contributed by atoms with Gasteiger partial charge in [-0.25, -0.2) is 0 Å². The van der Waals surface area contributed by atoms with E-state index in [1.807, 2.05) is 36.4 Å². The molecule has 63 valence electrons. The molecule has 0 spiro atoms. The molecule has 13 heavy (non-hydrogen) atoms. The second kappa shape index (κ2) is 3.23. The third-order valence-corrected chi connectivity index (χ3v) is 2.18. The lowest BCUT2D eigenvalue weighted by Gasteiger charge is -2.05. The van der Waals surface area contributed by atoms with Gasteiger partial charge in [-0.1, -0.05) is 43.2 Å². The zero-order chi connectivity index (χ0) is 9.26. The lowest BCUT2D eigenvalue weighted by molar-refractivity contribution is 0.594. The molecular weight excluding hydrogens is 159 g/mol. The maximum absolute atomic E-state index is 9.50. The van der Waals surface area contributed by atoms with Crippen molar-refractivity contribution in [3.05, 3.63) is 42.5 Å². The SMILES string of the molecule is CB(O)c1cccc2ccc[c]c12. The molecule has 2 aromatic carbocycles. The number of benzene rings is 2. The van der Waals surface area contributed by atoms with E-state index in [0.717, 1.165) is 16.2 Å². The summed E-state index contributed by atoms with van der Waals surface area (Å²) in [6, 6.07) is 14.9. The average molecular weight is 169 g/mol. The van der Waals surface area contributed by atoms with Gasteiger partial charge in [-0.05, 0) is 22.3 Å². The molecule has 0 bridgehead atoms. The Hall–Kier alpha value is -1.28. The Kier molecular flexibility index (Phi) is 2.07. The quantitative estimate of drug-likeness (QED) is 0.640. The highest BCUT2D eigenvalue weighted by Crippen LogP contribution is 2.10. The minimum atomic E-state index is -0.428. The molecule has 1 nitrogen and oxygen atoms in total. The lowest BCUT2D eigenvalue weighted by atomic mass is 9.63. The summed E-state index contributed by atoms with van der Waals surface area (Å²) < 4.78 is 0. The summed E-state index contributed by atoms with van der Waals surface area (Å²) in [4.78, 5) is 0. The maximum atomic E-state index is 9.50. The van der Waals surface area contributed by atoms with Crippen molar-refractivity contribution < 1.29 is 5.02 Å². The highest BCUT2D eigenvalue weighted by Gasteiger charge is 2.09. The van der Waals surface area contributed by atoms with Crippen LogP contribution in [0.2, 0.25) is 6.82 Å². The molecule has 0 saturated carbocycles. The molecule has 2 rings (SSSR count). The van der Waals surface area contributed by atoms with Crippen LogP contribution in [0.15, 0.2) is 36.4 Å². The fourth-order valence-corrected chi connectivity index (χ4v) is 1.53. The van der Waals surface area contributed by atoms with Crippen molar-refractivity contribution in [2.45, 2.75) is 6.82 Å². The van der Waals surface area contributed by atoms with Crippen molar-refractivity contribution in [1.82, 2.24) is 0 Å². The Labute approximate surface area is 78.1 Å². The molecule has 0 fully saturated rings. The van der Waals surface area contributed by atoms with Gasteiger partial charge in [0, 0.05) is 0 Å². The Bertz CT molecular complexity index is 418. The van der Waals surface area contributed by atoms with Gasteiger partial charge in [-0.15, -0.1) is 0 Å². The first kappa shape index (κ1) is 8.33. The van der Waals surface area contributed by atoms with Crippen LogP contribution in [0.3, 0.4) is 0 Å². The van der Waals surface area contributed by atoms with Crippen molar-refractivity contribution in [1.29, 1.82) is 0 Å². The molecule has 2 heteroatoms. The van der Waals surface area contributed by atoms with Gasteiger partial charge in [0.15, 0.2) is 0 Å². The average Bonchev–Trinajstić information content (AvgIpc) is 2.17. The van der Waals surface area contributed by atoms with Crippen molar-refractivity contribution in [3.63, 3.8) is 0 Å². The molecule has 0 saturated heterocycles. The van der Waals surface area contributed by atoms with Crippen molar-refractivity contribution in [2.24, 2.45) is 0 Å². The van der Waals surface area contributed by atoms with Crippen LogP contribution in [0, 0.1) is 6.07 Å². The monoisotopic (exact) mass is 169 g/mol. The smallest absolute Gasteiger partial charge is 0.321 e. The van der Waals surface area contributed by atoms with E-state index in [0.29, 0.717) is 0 Å². The Morgan fingerprint density at radius 2 is 2.00 bits per heavy atom. The molecule has 2 aromatic rings. The van der Waals surface area contributed by atoms with Crippen molar-refractivity contribution in [3.8, 4) is 0 Å². The lowest BCUT2D eigenvalue weighted by Crippen LogP contribution is -2.26. The van der Waals surface area contributed by atoms with Crippen LogP contribution in [-0.4, -0.2) is 11.9 Å². The molecule has 0 aliphatic carbocycles. The first-order chi connectivity index (χ1) is 6.29. The number of fused-ring (bicyclic) bond motifs is 1. The predicted octanol–water partition coefficient (Wildman–Crippen LogP) is 1.46. The first-order valence-corrected chi connectivity index (χ1v) is 4.36. The van der Waals surface area contributed by atoms with E-state index >= 15 is 0 Å². The topological polar surface area (TPSA) is 20.2 Å². The number of hydrogen-bond donors (Lipinski definition) is 1. The first-order valence-electron chi connectivity index (χ1n) is 4.36. The van der Waals surface area contributed by atoms with Crippen LogP contribution in [0.1, 0.15) is 0 Å². The second-order valence-electron chi connectivity index (χ2n) is 3.16. The van der Waals surface area contributed by atoms with Gasteiger partial charge in [-0.3, -0.25) is 0 Å². The molecule has 0 atom stereocenters. The second-order valence-corrected chi connectivity index (χ2v) is 3.16. The zero-order valence-corrected chi connectivity index (χ0v) is 7.49. The summed E-state index contributed by atoms with van der Waals surface area (Å²) in [6.45, 7) is 1.35. The molecule has 0 aliphatic heterocycles. The molecule has 1 radical (unpaired) electrons. The van der Waals surface area contributed by atoms with E-state index < -0.39 is 6.92 Å². The third kappa shape index (κ3) is 1.45. The highest BCUT2D eigenvalue weighted by molar-refractivity contribution is 6.67. The summed E-state index contributed by atoms with van der Waals surface area (Å²) in [5.41, 5.74) is 0.943. The molecule has 0 unspecified atom stereocenters. The minimum Gasteiger partial charge on any atom is -0.446 e. The molecule has 1 N–H and O–H groups in total. The highest BCUT2D eigenvalue weighted by atomic mass is 16.2. The third-order valence-electron chi connectivity index (χ3n) is 2.18. The van der Waals surface area contributed by atoms with E-state index in [4.69, 9.17) is 0 Å². The van der Waals surface area contributed by atoms with Gasteiger partial charge >= 0.3 is 6.92 Å². The number of hydrogen-bond acceptors (Lipinski definition) is 1. The van der Waals surface area contributed by atoms with Crippen LogP contribution in [0.5, 0.6) is 0 Å². The van der Waals surface area contributed by atoms with Gasteiger partial charge in [0.2, 0.25) is 0 Å². The summed E-state index contributed by atoms with van der Waals surface area (Å²) in [7, 11) is 0. The Morgan fingerprint density at radius 1 is 1.23 bits per heavy atom. The number of rotatable bonds is 1. The van der Waals surface area contributed by atoms with E-state index in [1.165, 1.54) is 0 Å². The van der Waals surface area contributed by atoms with Crippen LogP contribution in [0.25, 0.3) is 10.8 Å². The minimum absolute atomic E-state index is 0.428. The van der Waals surface area contributed by atoms with E-state index in [2.05, 4.69) is 6.07 Å². The van der Waals surface area contributed by atoms with Gasteiger partial charge in [0.1, 0.15) is 0 Å². The molecule has 0 heterocycles. The van der Waals surface area contributed by atoms with Gasteiger partial charge in [0.05, 0.1) is 0 Å². The molecule has 0 aliphatic rings. The van der Waals surface area contributed by atoms with Gasteiger partial charge in [0.25, 0.3) is 0 Å². The summed E-state index contributed by atoms with van der Waals surface area (Å²) in [6.07, 6.45) is 0. The van der Waals surface area contributed by atoms with E-state index in [1.54, 1.807) is 6.82 Å². The standard InChI is InChI=1S/C11H10BO/c1-12(13)11-8-4-6-9-5-2-3-7-10(9)11/h2-6,8,13H,1H3. The van der Waals surface area contributed by atoms with Crippen LogP contribution < -0.4 is 5.46 Å². The van der Waals surface area contributed by atoms with Crippen LogP contribution in [0.4, 0.5) is 0 Å². The van der Waals surface area contributed by atoms with E-state index in [-0.39, 0.29) is 0 Å². The van der Waals surface area contributed by atoms with Crippen LogP contribution >= 0.6 is 0 Å². The molecular formula is C11H10BO. The zero-order valence-electron chi connectivity index (χ0n) is 7.49. The van der Waals surface area contributed by atoms with Crippen LogP contribution in [-0.2, 0) is 0 Å². The van der Waals surface area contributed by atoms with Crippen molar-refractivity contribution >= 4 is 23.2 Å². The largest absolute Gasteiger partial charge is 0.446 e. The molecule has 0 amide bonds. The summed E-state index contributed by atoms with van der Waals surface area (Å²) >= 11 is 0. The van der Waals surface area contributed by atoms with Gasteiger partial charge < -0.3 is 5.02 Å².